The third kappa shape index (κ3) is 3.72. The Kier molecular flexibility index (Phi) is 4.64. The molecule has 1 aliphatic heterocycles. The lowest BCUT2D eigenvalue weighted by Crippen LogP contribution is -2.18. The van der Waals surface area contributed by atoms with Crippen molar-refractivity contribution in [1.29, 1.82) is 0 Å². The average Bonchev–Trinajstić information content (AvgIpc) is 3.36. The first-order valence-corrected chi connectivity index (χ1v) is 9.88. The van der Waals surface area contributed by atoms with Gasteiger partial charge in [-0.15, -0.1) is 0 Å². The molecule has 0 radical (unpaired) electrons. The van der Waals surface area contributed by atoms with Crippen molar-refractivity contribution in [1.82, 2.24) is 0 Å². The molecule has 0 bridgehead atoms. The molecule has 0 N–H and O–H groups in total. The Labute approximate surface area is 149 Å². The number of epoxide rings is 1. The van der Waals surface area contributed by atoms with Crippen molar-refractivity contribution >= 4 is 9.84 Å². The number of aryl methyl sites for hydroxylation is 1. The molecule has 0 saturated carbocycles. The van der Waals surface area contributed by atoms with Crippen LogP contribution in [0.25, 0.3) is 0 Å². The second kappa shape index (κ2) is 6.46. The van der Waals surface area contributed by atoms with Gasteiger partial charge in [0.25, 0.3) is 0 Å². The largest absolute Gasteiger partial charge is 0.489 e. The van der Waals surface area contributed by atoms with Crippen LogP contribution in [0.3, 0.4) is 0 Å². The highest BCUT2D eigenvalue weighted by Gasteiger charge is 2.31. The molecule has 1 fully saturated rings. The van der Waals surface area contributed by atoms with E-state index < -0.39 is 9.84 Å². The molecule has 3 rings (SSSR count). The van der Waals surface area contributed by atoms with Gasteiger partial charge in [0, 0.05) is 5.56 Å². The predicted octanol–water partition coefficient (Wildman–Crippen LogP) is 3.90. The van der Waals surface area contributed by atoms with Gasteiger partial charge in [-0.25, -0.2) is 8.42 Å². The Hall–Kier alpha value is -1.85. The van der Waals surface area contributed by atoms with Crippen LogP contribution >= 0.6 is 0 Å². The highest BCUT2D eigenvalue weighted by atomic mass is 32.2. The molecule has 1 atom stereocenters. The van der Waals surface area contributed by atoms with Crippen molar-refractivity contribution in [2.24, 2.45) is 0 Å². The van der Waals surface area contributed by atoms with Gasteiger partial charge in [-0.2, -0.15) is 0 Å². The number of para-hydroxylation sites is 1. The monoisotopic (exact) mass is 360 g/mol. The molecule has 2 aromatic carbocycles. The Bertz CT molecular complexity index is 875. The van der Waals surface area contributed by atoms with E-state index in [2.05, 4.69) is 0 Å². The van der Waals surface area contributed by atoms with Gasteiger partial charge in [-0.3, -0.25) is 0 Å². The molecule has 2 aromatic rings. The molecule has 1 heterocycles. The van der Waals surface area contributed by atoms with Gasteiger partial charge in [-0.05, 0) is 30.0 Å². The summed E-state index contributed by atoms with van der Waals surface area (Å²) in [5, 5.41) is 0. The second-order valence-electron chi connectivity index (χ2n) is 7.42. The first-order valence-electron chi connectivity index (χ1n) is 8.40. The standard InChI is InChI=1S/C20H24O4S/c1-14-8-5-6-10-17(14)25(21,22)18-11-7-9-16(20(2,3)4)19(18)24-13-15-12-23-15/h5-11,15H,12-13H2,1-4H3. The summed E-state index contributed by atoms with van der Waals surface area (Å²) < 4.78 is 37.8. The minimum Gasteiger partial charge on any atom is -0.489 e. The van der Waals surface area contributed by atoms with Gasteiger partial charge in [0.05, 0.1) is 11.5 Å². The maximum atomic E-state index is 13.3. The molecule has 1 unspecified atom stereocenters. The van der Waals surface area contributed by atoms with Crippen molar-refractivity contribution in [2.45, 2.75) is 49.0 Å². The Morgan fingerprint density at radius 3 is 2.32 bits per heavy atom. The molecular weight excluding hydrogens is 336 g/mol. The van der Waals surface area contributed by atoms with Crippen molar-refractivity contribution in [3.8, 4) is 5.75 Å². The van der Waals surface area contributed by atoms with Crippen molar-refractivity contribution < 1.29 is 17.9 Å². The lowest BCUT2D eigenvalue weighted by Gasteiger charge is -2.25. The molecule has 5 heteroatoms. The zero-order valence-electron chi connectivity index (χ0n) is 15.1. The predicted molar refractivity (Wildman–Crippen MR) is 97.0 cm³/mol. The van der Waals surface area contributed by atoms with E-state index in [1.54, 1.807) is 37.3 Å². The molecule has 25 heavy (non-hydrogen) atoms. The Morgan fingerprint density at radius 2 is 1.72 bits per heavy atom. The zero-order valence-corrected chi connectivity index (χ0v) is 15.9. The average molecular weight is 360 g/mol. The fourth-order valence-electron chi connectivity index (χ4n) is 2.78. The number of hydrogen-bond donors (Lipinski definition) is 0. The summed E-state index contributed by atoms with van der Waals surface area (Å²) in [7, 11) is -3.68. The summed E-state index contributed by atoms with van der Waals surface area (Å²) in [4.78, 5) is 0.531. The highest BCUT2D eigenvalue weighted by molar-refractivity contribution is 7.91. The molecule has 0 aliphatic carbocycles. The van der Waals surface area contributed by atoms with Crippen LogP contribution < -0.4 is 4.74 Å². The number of benzene rings is 2. The molecule has 0 spiro atoms. The van der Waals surface area contributed by atoms with Crippen LogP contribution in [0.15, 0.2) is 52.3 Å². The third-order valence-corrected chi connectivity index (χ3v) is 6.21. The first-order chi connectivity index (χ1) is 11.7. The molecular formula is C20H24O4S. The van der Waals surface area contributed by atoms with E-state index in [0.717, 1.165) is 11.1 Å². The van der Waals surface area contributed by atoms with E-state index in [9.17, 15) is 8.42 Å². The summed E-state index contributed by atoms with van der Waals surface area (Å²) in [6.07, 6.45) is 0.0574. The summed E-state index contributed by atoms with van der Waals surface area (Å²) in [6, 6.07) is 12.4. The van der Waals surface area contributed by atoms with Crippen molar-refractivity contribution in [3.63, 3.8) is 0 Å². The van der Waals surface area contributed by atoms with E-state index in [1.165, 1.54) is 0 Å². The maximum absolute atomic E-state index is 13.3. The molecule has 134 valence electrons. The van der Waals surface area contributed by atoms with Gasteiger partial charge >= 0.3 is 0 Å². The summed E-state index contributed by atoms with van der Waals surface area (Å²) in [5.74, 6) is 0.439. The number of sulfone groups is 1. The van der Waals surface area contributed by atoms with Gasteiger partial charge in [0.15, 0.2) is 0 Å². The number of ether oxygens (including phenoxy) is 2. The topological polar surface area (TPSA) is 55.9 Å². The van der Waals surface area contributed by atoms with Gasteiger partial charge in [-0.1, -0.05) is 51.1 Å². The summed E-state index contributed by atoms with van der Waals surface area (Å²) >= 11 is 0. The molecule has 1 saturated heterocycles. The van der Waals surface area contributed by atoms with E-state index in [0.29, 0.717) is 23.9 Å². The lowest BCUT2D eigenvalue weighted by atomic mass is 9.86. The number of rotatable bonds is 5. The normalized spacial score (nSPS) is 17.4. The van der Waals surface area contributed by atoms with Crippen LogP contribution in [0, 0.1) is 6.92 Å². The molecule has 0 aromatic heterocycles. The van der Waals surface area contributed by atoms with Gasteiger partial charge in [0.2, 0.25) is 9.84 Å². The van der Waals surface area contributed by atoms with E-state index in [1.807, 2.05) is 32.9 Å². The smallest absolute Gasteiger partial charge is 0.210 e. The summed E-state index contributed by atoms with van der Waals surface area (Å²) in [6.45, 7) is 8.98. The Balaban J connectivity index is 2.15. The lowest BCUT2D eigenvalue weighted by molar-refractivity contribution is 0.253. The minimum absolute atomic E-state index is 0.0574. The third-order valence-electron chi connectivity index (χ3n) is 4.28. The molecule has 0 amide bonds. The van der Waals surface area contributed by atoms with Crippen LogP contribution in [-0.2, 0) is 20.0 Å². The van der Waals surface area contributed by atoms with Crippen molar-refractivity contribution in [3.05, 3.63) is 53.6 Å². The van der Waals surface area contributed by atoms with Crippen LogP contribution in [0.1, 0.15) is 31.9 Å². The minimum atomic E-state index is -3.68. The van der Waals surface area contributed by atoms with Gasteiger partial charge < -0.3 is 9.47 Å². The van der Waals surface area contributed by atoms with Crippen LogP contribution in [0.5, 0.6) is 5.75 Å². The number of hydrogen-bond acceptors (Lipinski definition) is 4. The fraction of sp³-hybridized carbons (Fsp3) is 0.400. The SMILES string of the molecule is Cc1ccccc1S(=O)(=O)c1cccc(C(C)(C)C)c1OCC1CO1. The van der Waals surface area contributed by atoms with Crippen LogP contribution in [0.2, 0.25) is 0 Å². The maximum Gasteiger partial charge on any atom is 0.210 e. The fourth-order valence-corrected chi connectivity index (χ4v) is 4.44. The first kappa shape index (κ1) is 18.0. The highest BCUT2D eigenvalue weighted by Crippen LogP contribution is 2.39. The molecule has 1 aliphatic rings. The zero-order chi connectivity index (χ0) is 18.2. The summed E-state index contributed by atoms with van der Waals surface area (Å²) in [5.41, 5.74) is 1.36. The van der Waals surface area contributed by atoms with Crippen LogP contribution in [0.4, 0.5) is 0 Å². The van der Waals surface area contributed by atoms with E-state index in [-0.39, 0.29) is 16.4 Å². The van der Waals surface area contributed by atoms with E-state index >= 15 is 0 Å². The van der Waals surface area contributed by atoms with Crippen LogP contribution in [-0.4, -0.2) is 27.7 Å². The van der Waals surface area contributed by atoms with E-state index in [4.69, 9.17) is 9.47 Å². The van der Waals surface area contributed by atoms with Gasteiger partial charge in [0.1, 0.15) is 23.4 Å². The quantitative estimate of drug-likeness (QED) is 0.759. The Morgan fingerprint density at radius 1 is 1.08 bits per heavy atom. The van der Waals surface area contributed by atoms with Crippen molar-refractivity contribution in [2.75, 3.05) is 13.2 Å². The molecule has 4 nitrogen and oxygen atoms in total. The second-order valence-corrected chi connectivity index (χ2v) is 9.30.